The van der Waals surface area contributed by atoms with Gasteiger partial charge in [0.05, 0.1) is 12.2 Å². The second kappa shape index (κ2) is 10.7. The predicted octanol–water partition coefficient (Wildman–Crippen LogP) is 3.76. The molecule has 166 valence electrons. The van der Waals surface area contributed by atoms with Crippen LogP contribution >= 0.6 is 11.6 Å². The first kappa shape index (κ1) is 23.1. The van der Waals surface area contributed by atoms with E-state index in [0.717, 1.165) is 5.56 Å². The summed E-state index contributed by atoms with van der Waals surface area (Å²) in [7, 11) is 5.13. The number of anilines is 1. The summed E-state index contributed by atoms with van der Waals surface area (Å²) in [6.45, 7) is 1.26. The van der Waals surface area contributed by atoms with Crippen LogP contribution in [-0.2, 0) is 18.4 Å². The highest BCUT2D eigenvalue weighted by molar-refractivity contribution is 6.30. The molecular formula is C23H23ClN4O4. The lowest BCUT2D eigenvalue weighted by atomic mass is 10.1. The van der Waals surface area contributed by atoms with Gasteiger partial charge in [-0.1, -0.05) is 17.7 Å². The topological polar surface area (TPSA) is 89.6 Å². The van der Waals surface area contributed by atoms with Crippen LogP contribution in [0.15, 0.2) is 53.3 Å². The van der Waals surface area contributed by atoms with Crippen molar-refractivity contribution in [3.8, 4) is 23.4 Å². The second-order valence-electron chi connectivity index (χ2n) is 7.00. The molecular weight excluding hydrogens is 432 g/mol. The molecule has 0 aliphatic heterocycles. The van der Waals surface area contributed by atoms with E-state index in [-0.39, 0.29) is 12.5 Å². The molecule has 32 heavy (non-hydrogen) atoms. The smallest absolute Gasteiger partial charge is 0.352 e. The van der Waals surface area contributed by atoms with Crippen LogP contribution < -0.4 is 20.1 Å². The molecule has 1 heterocycles. The largest absolute Gasteiger partial charge is 0.473 e. The van der Waals surface area contributed by atoms with Crippen LogP contribution in [-0.4, -0.2) is 36.9 Å². The van der Waals surface area contributed by atoms with Crippen molar-refractivity contribution in [1.29, 1.82) is 5.26 Å². The van der Waals surface area contributed by atoms with Gasteiger partial charge >= 0.3 is 5.69 Å². The zero-order valence-corrected chi connectivity index (χ0v) is 18.8. The molecule has 0 radical (unpaired) electrons. The van der Waals surface area contributed by atoms with Gasteiger partial charge in [0, 0.05) is 38.8 Å². The number of hydrogen-bond donors (Lipinski definition) is 0. The maximum Gasteiger partial charge on any atom is 0.352 e. The Morgan fingerprint density at radius 2 is 1.94 bits per heavy atom. The Bertz CT molecular complexity index is 1170. The molecule has 0 aliphatic rings. The molecule has 0 unspecified atom stereocenters. The molecule has 0 aliphatic carbocycles. The van der Waals surface area contributed by atoms with E-state index in [9.17, 15) is 10.1 Å². The molecule has 0 spiro atoms. The lowest BCUT2D eigenvalue weighted by Gasteiger charge is -2.21. The van der Waals surface area contributed by atoms with E-state index in [1.54, 1.807) is 62.7 Å². The summed E-state index contributed by atoms with van der Waals surface area (Å²) >= 11 is 5.89. The van der Waals surface area contributed by atoms with Crippen LogP contribution in [0.1, 0.15) is 11.1 Å². The summed E-state index contributed by atoms with van der Waals surface area (Å²) in [6.07, 6.45) is 0. The minimum Gasteiger partial charge on any atom is -0.473 e. The van der Waals surface area contributed by atoms with E-state index in [4.69, 9.17) is 25.8 Å². The molecule has 0 saturated heterocycles. The van der Waals surface area contributed by atoms with E-state index in [2.05, 4.69) is 11.1 Å². The van der Waals surface area contributed by atoms with Crippen molar-refractivity contribution in [2.75, 3.05) is 32.2 Å². The molecule has 0 fully saturated rings. The quantitative estimate of drug-likeness (QED) is 0.486. The fourth-order valence-corrected chi connectivity index (χ4v) is 3.05. The minimum atomic E-state index is -0.425. The highest BCUT2D eigenvalue weighted by atomic mass is 35.5. The number of hydrogen-bond acceptors (Lipinski definition) is 7. The Balaban J connectivity index is 1.74. The predicted molar refractivity (Wildman–Crippen MR) is 122 cm³/mol. The number of benzene rings is 2. The Morgan fingerprint density at radius 3 is 2.62 bits per heavy atom. The SMILES string of the molecule is COCCN(C)c1cc(OCc2ccc(Oc3ccc(Cl)cc3)c(C#N)c2)nc(=O)n1C. The fraction of sp³-hybridized carbons (Fsp3) is 0.261. The Labute approximate surface area is 191 Å². The Morgan fingerprint density at radius 1 is 1.19 bits per heavy atom. The number of nitrogens with zero attached hydrogens (tertiary/aromatic N) is 4. The number of rotatable bonds is 9. The van der Waals surface area contributed by atoms with Gasteiger partial charge in [-0.25, -0.2) is 4.79 Å². The number of aromatic nitrogens is 2. The van der Waals surface area contributed by atoms with Crippen molar-refractivity contribution >= 4 is 17.4 Å². The fourth-order valence-electron chi connectivity index (χ4n) is 2.92. The van der Waals surface area contributed by atoms with Crippen LogP contribution in [0.5, 0.6) is 17.4 Å². The molecule has 8 nitrogen and oxygen atoms in total. The van der Waals surface area contributed by atoms with Gasteiger partial charge in [-0.2, -0.15) is 10.2 Å². The first-order chi connectivity index (χ1) is 15.4. The standard InChI is InChI=1S/C23H23ClN4O4/c1-27(10-11-30-3)22-13-21(26-23(29)28(22)2)31-15-16-4-9-20(17(12-16)14-25)32-19-7-5-18(24)6-8-19/h4-9,12-13H,10-11,15H2,1-3H3. The van der Waals surface area contributed by atoms with Gasteiger partial charge in [-0.3, -0.25) is 4.57 Å². The molecule has 2 aromatic carbocycles. The first-order valence-corrected chi connectivity index (χ1v) is 10.2. The number of nitriles is 1. The first-order valence-electron chi connectivity index (χ1n) is 9.78. The molecule has 9 heteroatoms. The number of ether oxygens (including phenoxy) is 3. The highest BCUT2D eigenvalue weighted by Crippen LogP contribution is 2.27. The zero-order valence-electron chi connectivity index (χ0n) is 18.0. The number of halogens is 1. The third-order valence-corrected chi connectivity index (χ3v) is 4.96. The normalized spacial score (nSPS) is 10.5. The van der Waals surface area contributed by atoms with Crippen molar-refractivity contribution in [1.82, 2.24) is 9.55 Å². The van der Waals surface area contributed by atoms with Crippen LogP contribution in [0.4, 0.5) is 5.82 Å². The average Bonchev–Trinajstić information content (AvgIpc) is 2.80. The summed E-state index contributed by atoms with van der Waals surface area (Å²) < 4.78 is 18.1. The van der Waals surface area contributed by atoms with Crippen molar-refractivity contribution in [2.24, 2.45) is 7.05 Å². The molecule has 0 N–H and O–H groups in total. The van der Waals surface area contributed by atoms with Gasteiger partial charge in [0.25, 0.3) is 0 Å². The summed E-state index contributed by atoms with van der Waals surface area (Å²) in [4.78, 5) is 18.1. The van der Waals surface area contributed by atoms with E-state index >= 15 is 0 Å². The molecule has 3 rings (SSSR count). The molecule has 1 aromatic heterocycles. The van der Waals surface area contributed by atoms with Gasteiger partial charge in [0.1, 0.15) is 30.0 Å². The van der Waals surface area contributed by atoms with Gasteiger partial charge < -0.3 is 19.1 Å². The lowest BCUT2D eigenvalue weighted by molar-refractivity contribution is 0.206. The van der Waals surface area contributed by atoms with Crippen molar-refractivity contribution in [3.05, 3.63) is 75.2 Å². The van der Waals surface area contributed by atoms with E-state index < -0.39 is 5.69 Å². The average molecular weight is 455 g/mol. The van der Waals surface area contributed by atoms with E-state index in [1.807, 2.05) is 11.9 Å². The number of likely N-dealkylation sites (N-methyl/N-ethyl adjacent to an activating group) is 1. The summed E-state index contributed by atoms with van der Waals surface area (Å²) in [5, 5.41) is 10.1. The lowest BCUT2D eigenvalue weighted by Crippen LogP contribution is -2.31. The Hall–Kier alpha value is -3.54. The van der Waals surface area contributed by atoms with Crippen molar-refractivity contribution in [3.63, 3.8) is 0 Å². The van der Waals surface area contributed by atoms with Gasteiger partial charge in [0.15, 0.2) is 0 Å². The van der Waals surface area contributed by atoms with E-state index in [0.29, 0.717) is 41.1 Å². The van der Waals surface area contributed by atoms with Crippen LogP contribution in [0.3, 0.4) is 0 Å². The highest BCUT2D eigenvalue weighted by Gasteiger charge is 2.12. The third-order valence-electron chi connectivity index (χ3n) is 4.70. The van der Waals surface area contributed by atoms with Gasteiger partial charge in [0.2, 0.25) is 5.88 Å². The van der Waals surface area contributed by atoms with Crippen molar-refractivity contribution < 1.29 is 14.2 Å². The van der Waals surface area contributed by atoms with Crippen molar-refractivity contribution in [2.45, 2.75) is 6.61 Å². The summed E-state index contributed by atoms with van der Waals surface area (Å²) in [5.41, 5.74) is 0.672. The summed E-state index contributed by atoms with van der Waals surface area (Å²) in [6, 6.07) is 15.9. The maximum atomic E-state index is 12.2. The number of methoxy groups -OCH3 is 1. The summed E-state index contributed by atoms with van der Waals surface area (Å²) in [5.74, 6) is 1.85. The monoisotopic (exact) mass is 454 g/mol. The Kier molecular flexibility index (Phi) is 7.71. The van der Waals surface area contributed by atoms with Crippen LogP contribution in [0.2, 0.25) is 5.02 Å². The van der Waals surface area contributed by atoms with Crippen LogP contribution in [0.25, 0.3) is 0 Å². The van der Waals surface area contributed by atoms with E-state index in [1.165, 1.54) is 4.57 Å². The van der Waals surface area contributed by atoms with Gasteiger partial charge in [-0.05, 0) is 42.0 Å². The molecule has 0 saturated carbocycles. The molecule has 3 aromatic rings. The minimum absolute atomic E-state index is 0.136. The molecule has 0 amide bonds. The third kappa shape index (κ3) is 5.78. The molecule has 0 bridgehead atoms. The van der Waals surface area contributed by atoms with Gasteiger partial charge in [-0.15, -0.1) is 0 Å². The second-order valence-corrected chi connectivity index (χ2v) is 7.43. The molecule has 0 atom stereocenters. The maximum absolute atomic E-state index is 12.2. The zero-order chi connectivity index (χ0) is 23.1. The van der Waals surface area contributed by atoms with Crippen LogP contribution in [0, 0.1) is 11.3 Å².